The second kappa shape index (κ2) is 8.19. The highest BCUT2D eigenvalue weighted by Gasteiger charge is 2.22. The van der Waals surface area contributed by atoms with Crippen LogP contribution in [-0.2, 0) is 4.79 Å². The topological polar surface area (TPSA) is 38.3 Å². The summed E-state index contributed by atoms with van der Waals surface area (Å²) in [6.45, 7) is 12.2. The molecule has 0 aliphatic heterocycles. The van der Waals surface area contributed by atoms with Crippen molar-refractivity contribution in [3.8, 4) is 5.75 Å². The minimum Gasteiger partial charge on any atom is -0.480 e. The van der Waals surface area contributed by atoms with E-state index >= 15 is 0 Å². The highest BCUT2D eigenvalue weighted by Crippen LogP contribution is 2.22. The average molecular weight is 339 g/mol. The van der Waals surface area contributed by atoms with Gasteiger partial charge >= 0.3 is 0 Å². The fourth-order valence-electron chi connectivity index (χ4n) is 3.10. The number of aryl methyl sites for hydroxylation is 4. The largest absolute Gasteiger partial charge is 0.480 e. The lowest BCUT2D eigenvalue weighted by Gasteiger charge is -2.22. The molecule has 0 saturated carbocycles. The van der Waals surface area contributed by atoms with Crippen molar-refractivity contribution < 1.29 is 9.53 Å². The maximum absolute atomic E-state index is 12.7. The minimum atomic E-state index is -0.491. The summed E-state index contributed by atoms with van der Waals surface area (Å²) >= 11 is 0. The molecule has 3 heteroatoms. The Morgan fingerprint density at radius 1 is 1.00 bits per heavy atom. The van der Waals surface area contributed by atoms with Crippen molar-refractivity contribution in [2.75, 3.05) is 0 Å². The zero-order valence-corrected chi connectivity index (χ0v) is 16.1. The first kappa shape index (κ1) is 19.0. The molecule has 25 heavy (non-hydrogen) atoms. The zero-order chi connectivity index (χ0) is 18.6. The van der Waals surface area contributed by atoms with E-state index in [2.05, 4.69) is 43.4 Å². The van der Waals surface area contributed by atoms with Crippen LogP contribution in [0, 0.1) is 27.7 Å². The summed E-state index contributed by atoms with van der Waals surface area (Å²) in [6, 6.07) is 12.3. The summed E-state index contributed by atoms with van der Waals surface area (Å²) in [4.78, 5) is 12.7. The van der Waals surface area contributed by atoms with E-state index in [1.54, 1.807) is 0 Å². The lowest BCUT2D eigenvalue weighted by molar-refractivity contribution is -0.128. The van der Waals surface area contributed by atoms with Gasteiger partial charge < -0.3 is 10.1 Å². The third kappa shape index (κ3) is 4.85. The van der Waals surface area contributed by atoms with Crippen LogP contribution in [0.5, 0.6) is 5.75 Å². The first-order valence-electron chi connectivity index (χ1n) is 8.93. The van der Waals surface area contributed by atoms with Crippen LogP contribution in [0.1, 0.15) is 54.1 Å². The molecule has 0 saturated heterocycles. The Morgan fingerprint density at radius 3 is 2.16 bits per heavy atom. The Hall–Kier alpha value is -2.29. The Kier molecular flexibility index (Phi) is 6.24. The fourth-order valence-corrected chi connectivity index (χ4v) is 3.10. The Balaban J connectivity index is 2.08. The maximum Gasteiger partial charge on any atom is 0.261 e. The number of carbonyl (C=O) groups is 1. The minimum absolute atomic E-state index is 0.0511. The molecule has 2 aromatic rings. The van der Waals surface area contributed by atoms with Crippen LogP contribution in [0.15, 0.2) is 36.4 Å². The molecule has 0 fully saturated rings. The van der Waals surface area contributed by atoms with Crippen molar-refractivity contribution in [2.24, 2.45) is 0 Å². The molecule has 3 nitrogen and oxygen atoms in total. The quantitative estimate of drug-likeness (QED) is 0.808. The van der Waals surface area contributed by atoms with Gasteiger partial charge in [0, 0.05) is 0 Å². The van der Waals surface area contributed by atoms with E-state index in [-0.39, 0.29) is 11.9 Å². The monoisotopic (exact) mass is 339 g/mol. The van der Waals surface area contributed by atoms with E-state index in [0.29, 0.717) is 6.42 Å². The number of ether oxygens (including phenoxy) is 1. The van der Waals surface area contributed by atoms with Crippen LogP contribution in [0.25, 0.3) is 0 Å². The molecule has 0 aliphatic carbocycles. The smallest absolute Gasteiger partial charge is 0.261 e. The molecular weight excluding hydrogens is 310 g/mol. The number of benzene rings is 2. The summed E-state index contributed by atoms with van der Waals surface area (Å²) in [6.07, 6.45) is 0.133. The van der Waals surface area contributed by atoms with Gasteiger partial charge in [-0.05, 0) is 63.8 Å². The lowest BCUT2D eigenvalue weighted by atomic mass is 10.00. The number of rotatable bonds is 6. The predicted molar refractivity (Wildman–Crippen MR) is 103 cm³/mol. The molecule has 1 amide bonds. The van der Waals surface area contributed by atoms with Gasteiger partial charge in [-0.25, -0.2) is 0 Å². The number of hydrogen-bond donors (Lipinski definition) is 1. The van der Waals surface area contributed by atoms with Crippen molar-refractivity contribution in [3.05, 3.63) is 64.2 Å². The molecule has 0 spiro atoms. The van der Waals surface area contributed by atoms with E-state index < -0.39 is 6.10 Å². The molecule has 0 bridgehead atoms. The molecule has 0 aromatic heterocycles. The molecular formula is C22H29NO2. The third-order valence-electron chi connectivity index (χ3n) is 4.51. The van der Waals surface area contributed by atoms with Crippen LogP contribution in [-0.4, -0.2) is 12.0 Å². The van der Waals surface area contributed by atoms with Crippen LogP contribution in [0.3, 0.4) is 0 Å². The molecule has 0 unspecified atom stereocenters. The van der Waals surface area contributed by atoms with Gasteiger partial charge in [-0.3, -0.25) is 4.79 Å². The highest BCUT2D eigenvalue weighted by molar-refractivity contribution is 5.81. The van der Waals surface area contributed by atoms with E-state index in [0.717, 1.165) is 16.9 Å². The molecule has 2 atom stereocenters. The first-order chi connectivity index (χ1) is 11.8. The van der Waals surface area contributed by atoms with Crippen molar-refractivity contribution in [1.29, 1.82) is 0 Å². The Bertz CT molecular complexity index is 752. The van der Waals surface area contributed by atoms with Crippen molar-refractivity contribution in [3.63, 3.8) is 0 Å². The Labute approximate surface area is 151 Å². The molecule has 0 radical (unpaired) electrons. The van der Waals surface area contributed by atoms with Gasteiger partial charge in [0.05, 0.1) is 6.04 Å². The molecule has 0 heterocycles. The number of hydrogen-bond acceptors (Lipinski definition) is 2. The molecule has 0 aliphatic rings. The maximum atomic E-state index is 12.7. The normalized spacial score (nSPS) is 13.2. The zero-order valence-electron chi connectivity index (χ0n) is 16.1. The fraction of sp³-hybridized carbons (Fsp3) is 0.409. The summed E-state index contributed by atoms with van der Waals surface area (Å²) in [5.41, 5.74) is 5.79. The van der Waals surface area contributed by atoms with Crippen LogP contribution < -0.4 is 10.1 Å². The summed E-state index contributed by atoms with van der Waals surface area (Å²) in [7, 11) is 0. The van der Waals surface area contributed by atoms with Gasteiger partial charge in [0.25, 0.3) is 5.91 Å². The van der Waals surface area contributed by atoms with E-state index in [4.69, 9.17) is 4.74 Å². The van der Waals surface area contributed by atoms with E-state index in [1.807, 2.05) is 39.8 Å². The number of carbonyl (C=O) groups excluding carboxylic acids is 1. The predicted octanol–water partition coefficient (Wildman–Crippen LogP) is 4.96. The summed E-state index contributed by atoms with van der Waals surface area (Å²) in [5.74, 6) is 0.696. The van der Waals surface area contributed by atoms with Crippen molar-refractivity contribution >= 4 is 5.91 Å². The summed E-state index contributed by atoms with van der Waals surface area (Å²) in [5, 5.41) is 3.09. The van der Waals surface area contributed by atoms with Gasteiger partial charge in [-0.15, -0.1) is 0 Å². The Morgan fingerprint density at radius 2 is 1.60 bits per heavy atom. The van der Waals surface area contributed by atoms with Gasteiger partial charge in [0.15, 0.2) is 6.10 Å². The molecule has 2 rings (SSSR count). The second-order valence-electron chi connectivity index (χ2n) is 6.87. The molecule has 134 valence electrons. The van der Waals surface area contributed by atoms with Crippen LogP contribution >= 0.6 is 0 Å². The lowest BCUT2D eigenvalue weighted by Crippen LogP contribution is -2.39. The standard InChI is InChI=1S/C22H29NO2/c1-7-20(25-21-11-9-15(3)13-17(21)5)22(24)23-18(6)19-10-8-14(2)12-16(19)4/h8-13,18,20H,7H2,1-6H3,(H,23,24)/t18-,20-/m1/s1. The van der Waals surface area contributed by atoms with Crippen LogP contribution in [0.4, 0.5) is 0 Å². The van der Waals surface area contributed by atoms with Crippen molar-refractivity contribution in [2.45, 2.75) is 60.1 Å². The third-order valence-corrected chi connectivity index (χ3v) is 4.51. The average Bonchev–Trinajstić information content (AvgIpc) is 2.53. The SMILES string of the molecule is CC[C@@H](Oc1ccc(C)cc1C)C(=O)N[C@H](C)c1ccc(C)cc1C. The van der Waals surface area contributed by atoms with Gasteiger partial charge in [-0.1, -0.05) is 48.4 Å². The van der Waals surface area contributed by atoms with Crippen molar-refractivity contribution in [1.82, 2.24) is 5.32 Å². The second-order valence-corrected chi connectivity index (χ2v) is 6.87. The number of amides is 1. The van der Waals surface area contributed by atoms with Gasteiger partial charge in [-0.2, -0.15) is 0 Å². The van der Waals surface area contributed by atoms with Gasteiger partial charge in [0.1, 0.15) is 5.75 Å². The van der Waals surface area contributed by atoms with Crippen LogP contribution in [0.2, 0.25) is 0 Å². The first-order valence-corrected chi connectivity index (χ1v) is 8.93. The van der Waals surface area contributed by atoms with E-state index in [9.17, 15) is 4.79 Å². The number of nitrogens with one attached hydrogen (secondary N) is 1. The van der Waals surface area contributed by atoms with Gasteiger partial charge in [0.2, 0.25) is 0 Å². The highest BCUT2D eigenvalue weighted by atomic mass is 16.5. The molecule has 1 N–H and O–H groups in total. The molecule has 2 aromatic carbocycles. The van der Waals surface area contributed by atoms with E-state index in [1.165, 1.54) is 16.7 Å². The summed E-state index contributed by atoms with van der Waals surface area (Å²) < 4.78 is 5.99.